The zero-order chi connectivity index (χ0) is 23.5. The van der Waals surface area contributed by atoms with Crippen LogP contribution in [0, 0.1) is 0 Å². The normalized spacial score (nSPS) is 18.1. The topological polar surface area (TPSA) is 66.8 Å². The number of carbonyl (C=O) groups is 2. The summed E-state index contributed by atoms with van der Waals surface area (Å²) < 4.78 is 7.40. The van der Waals surface area contributed by atoms with Crippen molar-refractivity contribution in [2.24, 2.45) is 7.05 Å². The van der Waals surface area contributed by atoms with Crippen LogP contribution in [0.1, 0.15) is 33.4 Å². The van der Waals surface area contributed by atoms with Gasteiger partial charge in [-0.2, -0.15) is 0 Å². The number of hydrogen-bond donors (Lipinski definition) is 1. The van der Waals surface area contributed by atoms with Crippen molar-refractivity contribution >= 4 is 22.7 Å². The predicted octanol–water partition coefficient (Wildman–Crippen LogP) is 2.78. The van der Waals surface area contributed by atoms with Crippen LogP contribution in [0.15, 0.2) is 54.7 Å². The van der Waals surface area contributed by atoms with Crippen LogP contribution in [-0.2, 0) is 16.6 Å². The van der Waals surface area contributed by atoms with Crippen LogP contribution >= 0.6 is 0 Å². The Hall–Kier alpha value is -3.16. The van der Waals surface area contributed by atoms with Crippen molar-refractivity contribution in [3.8, 4) is 0 Å². The number of aromatic nitrogens is 1. The van der Waals surface area contributed by atoms with Crippen LogP contribution in [0.4, 0.5) is 0 Å². The summed E-state index contributed by atoms with van der Waals surface area (Å²) in [4.78, 5) is 31.2. The van der Waals surface area contributed by atoms with Crippen LogP contribution in [0.2, 0.25) is 0 Å². The lowest BCUT2D eigenvalue weighted by Gasteiger charge is -2.41. The molecule has 1 aromatic heterocycles. The fraction of sp³-hybridized carbons (Fsp3) is 0.385. The monoisotopic (exact) mass is 448 g/mol. The van der Waals surface area contributed by atoms with Crippen LogP contribution in [0.3, 0.4) is 0 Å². The maximum absolute atomic E-state index is 13.7. The number of hydrogen-bond acceptors (Lipinski definition) is 4. The van der Waals surface area contributed by atoms with Gasteiger partial charge in [-0.3, -0.25) is 9.59 Å². The fourth-order valence-corrected chi connectivity index (χ4v) is 4.78. The van der Waals surface area contributed by atoms with Gasteiger partial charge in [0.15, 0.2) is 0 Å². The van der Waals surface area contributed by atoms with Gasteiger partial charge in [0.1, 0.15) is 0 Å². The Labute approximate surface area is 194 Å². The zero-order valence-electron chi connectivity index (χ0n) is 19.7. The summed E-state index contributed by atoms with van der Waals surface area (Å²) in [6.07, 6.45) is 2.05. The average molecular weight is 449 g/mol. The van der Waals surface area contributed by atoms with Crippen LogP contribution in [0.25, 0.3) is 10.9 Å². The number of nitrogens with zero attached hydrogens (tertiary/aromatic N) is 3. The van der Waals surface area contributed by atoms with E-state index in [2.05, 4.69) is 28.2 Å². The number of amides is 2. The van der Waals surface area contributed by atoms with Crippen molar-refractivity contribution in [2.75, 3.05) is 47.4 Å². The minimum atomic E-state index is -0.524. The van der Waals surface area contributed by atoms with Crippen molar-refractivity contribution in [1.82, 2.24) is 19.7 Å². The third kappa shape index (κ3) is 4.38. The molecule has 0 aliphatic carbocycles. The molecular weight excluding hydrogens is 416 g/mol. The highest BCUT2D eigenvalue weighted by atomic mass is 16.5. The van der Waals surface area contributed by atoms with E-state index in [4.69, 9.17) is 4.74 Å². The maximum Gasteiger partial charge on any atom is 0.254 e. The van der Waals surface area contributed by atoms with Crippen LogP contribution in [-0.4, -0.2) is 73.6 Å². The largest absolute Gasteiger partial charge is 0.383 e. The van der Waals surface area contributed by atoms with Crippen molar-refractivity contribution in [1.29, 1.82) is 0 Å². The molecule has 7 heteroatoms. The molecule has 0 saturated heterocycles. The molecule has 2 amide bonds. The molecule has 2 atom stereocenters. The first kappa shape index (κ1) is 23.0. The van der Waals surface area contributed by atoms with Gasteiger partial charge in [0.25, 0.3) is 5.91 Å². The minimum Gasteiger partial charge on any atom is -0.383 e. The summed E-state index contributed by atoms with van der Waals surface area (Å²) in [6.45, 7) is 2.08. The number of aryl methyl sites for hydroxylation is 1. The summed E-state index contributed by atoms with van der Waals surface area (Å²) in [5, 5.41) is 4.16. The molecule has 7 nitrogen and oxygen atoms in total. The quantitative estimate of drug-likeness (QED) is 0.576. The van der Waals surface area contributed by atoms with Gasteiger partial charge in [-0.25, -0.2) is 0 Å². The van der Waals surface area contributed by atoms with Gasteiger partial charge < -0.3 is 24.4 Å². The number of nitrogens with one attached hydrogen (secondary N) is 1. The summed E-state index contributed by atoms with van der Waals surface area (Å²) in [5.41, 5.74) is 3.39. The number of benzene rings is 2. The van der Waals surface area contributed by atoms with E-state index in [0.717, 1.165) is 28.6 Å². The zero-order valence-corrected chi connectivity index (χ0v) is 19.7. The molecule has 0 fully saturated rings. The molecule has 1 aliphatic heterocycles. The smallest absolute Gasteiger partial charge is 0.254 e. The van der Waals surface area contributed by atoms with E-state index in [1.54, 1.807) is 7.11 Å². The van der Waals surface area contributed by atoms with Crippen LogP contribution < -0.4 is 5.32 Å². The lowest BCUT2D eigenvalue weighted by atomic mass is 9.79. The van der Waals surface area contributed by atoms with E-state index in [1.807, 2.05) is 67.3 Å². The summed E-state index contributed by atoms with van der Waals surface area (Å²) in [5.74, 6) is -0.668. The van der Waals surface area contributed by atoms with E-state index in [9.17, 15) is 9.59 Å². The molecule has 0 radical (unpaired) electrons. The minimum absolute atomic E-state index is 0.0714. The molecule has 0 spiro atoms. The lowest BCUT2D eigenvalue weighted by Crippen LogP contribution is -2.49. The van der Waals surface area contributed by atoms with Gasteiger partial charge in [-0.05, 0) is 31.8 Å². The van der Waals surface area contributed by atoms with Gasteiger partial charge in [0.2, 0.25) is 5.91 Å². The van der Waals surface area contributed by atoms with Crippen molar-refractivity contribution in [2.45, 2.75) is 12.0 Å². The Morgan fingerprint density at radius 2 is 1.82 bits per heavy atom. The number of likely N-dealkylation sites (N-methyl/N-ethyl adjacent to an activating group) is 1. The lowest BCUT2D eigenvalue weighted by molar-refractivity contribution is -0.124. The van der Waals surface area contributed by atoms with Crippen molar-refractivity contribution < 1.29 is 14.3 Å². The van der Waals surface area contributed by atoms with Crippen LogP contribution in [0.5, 0.6) is 0 Å². The van der Waals surface area contributed by atoms with E-state index < -0.39 is 12.0 Å². The second kappa shape index (κ2) is 9.77. The molecule has 2 unspecified atom stereocenters. The number of para-hydroxylation sites is 1. The molecule has 3 aromatic rings. The molecule has 1 aliphatic rings. The van der Waals surface area contributed by atoms with Gasteiger partial charge in [-0.15, -0.1) is 0 Å². The Morgan fingerprint density at radius 1 is 1.09 bits per heavy atom. The third-order valence-electron chi connectivity index (χ3n) is 6.36. The number of methoxy groups -OCH3 is 1. The average Bonchev–Trinajstić information content (AvgIpc) is 3.14. The number of rotatable bonds is 8. The van der Waals surface area contributed by atoms with Gasteiger partial charge >= 0.3 is 0 Å². The molecule has 1 N–H and O–H groups in total. The second-order valence-electron chi connectivity index (χ2n) is 8.81. The summed E-state index contributed by atoms with van der Waals surface area (Å²) >= 11 is 0. The molecule has 2 aromatic carbocycles. The Kier molecular flexibility index (Phi) is 6.81. The molecule has 174 valence electrons. The van der Waals surface area contributed by atoms with Gasteiger partial charge in [0.05, 0.1) is 18.6 Å². The SMILES string of the molecule is COCCN1C(=O)c2ccccc2C(C(=O)NCCN(C)C)C1c1cn(C)c2ccccc12. The number of fused-ring (bicyclic) bond motifs is 2. The van der Waals surface area contributed by atoms with E-state index in [1.165, 1.54) is 0 Å². The fourth-order valence-electron chi connectivity index (χ4n) is 4.78. The summed E-state index contributed by atoms with van der Waals surface area (Å²) in [6, 6.07) is 15.2. The van der Waals surface area contributed by atoms with E-state index in [-0.39, 0.29) is 11.8 Å². The molecule has 2 heterocycles. The van der Waals surface area contributed by atoms with E-state index >= 15 is 0 Å². The first-order valence-electron chi connectivity index (χ1n) is 11.3. The molecule has 0 bridgehead atoms. The Morgan fingerprint density at radius 3 is 2.58 bits per heavy atom. The number of ether oxygens (including phenoxy) is 1. The Balaban J connectivity index is 1.87. The Bertz CT molecular complexity index is 1150. The first-order chi connectivity index (χ1) is 15.9. The van der Waals surface area contributed by atoms with Gasteiger partial charge in [0, 0.05) is 62.0 Å². The standard InChI is InChI=1S/C26H32N4O3/c1-28(2)14-13-27-25(31)23-19-10-5-6-11-20(19)26(32)30(15-16-33-4)24(23)21-17-29(3)22-12-8-7-9-18(21)22/h5-12,17,23-24H,13-16H2,1-4H3,(H,27,31). The highest BCUT2D eigenvalue weighted by molar-refractivity contribution is 6.02. The predicted molar refractivity (Wildman–Crippen MR) is 129 cm³/mol. The molecule has 4 rings (SSSR count). The van der Waals surface area contributed by atoms with Gasteiger partial charge in [-0.1, -0.05) is 36.4 Å². The molecule has 33 heavy (non-hydrogen) atoms. The number of carbonyl (C=O) groups excluding carboxylic acids is 2. The maximum atomic E-state index is 13.7. The first-order valence-corrected chi connectivity index (χ1v) is 11.3. The summed E-state index contributed by atoms with van der Waals surface area (Å²) in [7, 11) is 7.58. The highest BCUT2D eigenvalue weighted by Crippen LogP contribution is 2.45. The highest BCUT2D eigenvalue weighted by Gasteiger charge is 2.44. The molecule has 0 saturated carbocycles. The molecular formula is C26H32N4O3. The van der Waals surface area contributed by atoms with Crippen molar-refractivity contribution in [3.05, 3.63) is 71.4 Å². The van der Waals surface area contributed by atoms with E-state index in [0.29, 0.717) is 25.3 Å². The second-order valence-corrected chi connectivity index (χ2v) is 8.81. The van der Waals surface area contributed by atoms with Crippen molar-refractivity contribution in [3.63, 3.8) is 0 Å². The third-order valence-corrected chi connectivity index (χ3v) is 6.36.